The summed E-state index contributed by atoms with van der Waals surface area (Å²) in [5, 5.41) is 23.4. The number of carbonyl (C=O) groups excluding carboxylic acids is 2. The predicted molar refractivity (Wildman–Crippen MR) is 86.9 cm³/mol. The van der Waals surface area contributed by atoms with Gasteiger partial charge in [0, 0.05) is 11.3 Å². The first-order valence-electron chi connectivity index (χ1n) is 7.33. The largest absolute Gasteiger partial charge is 0.480 e. The van der Waals surface area contributed by atoms with Gasteiger partial charge in [-0.05, 0) is 39.8 Å². The lowest BCUT2D eigenvalue weighted by atomic mass is 9.83. The molecule has 1 aliphatic heterocycles. The van der Waals surface area contributed by atoms with Gasteiger partial charge in [0.25, 0.3) is 0 Å². The SMILES string of the molecule is CC(C)(C)OC(=O)Nc1cc2c(cc1C(=O)O)NC(=O)C2(C)C(=O)O. The Morgan fingerprint density at radius 1 is 1.20 bits per heavy atom. The number of ether oxygens (including phenoxy) is 1. The molecule has 1 aromatic rings. The molecule has 0 bridgehead atoms. The smallest absolute Gasteiger partial charge is 0.412 e. The number of benzene rings is 1. The number of fused-ring (bicyclic) bond motifs is 1. The molecule has 0 aromatic heterocycles. The average molecular weight is 350 g/mol. The molecule has 0 aliphatic carbocycles. The predicted octanol–water partition coefficient (Wildman–Crippen LogP) is 2.03. The van der Waals surface area contributed by atoms with Crippen molar-refractivity contribution in [2.75, 3.05) is 10.6 Å². The van der Waals surface area contributed by atoms with E-state index in [-0.39, 0.29) is 22.5 Å². The number of aromatic carboxylic acids is 1. The van der Waals surface area contributed by atoms with Gasteiger partial charge in [0.05, 0.1) is 11.3 Å². The van der Waals surface area contributed by atoms with Crippen molar-refractivity contribution in [2.45, 2.75) is 38.7 Å². The molecule has 1 unspecified atom stereocenters. The summed E-state index contributed by atoms with van der Waals surface area (Å²) in [4.78, 5) is 47.0. The Balaban J connectivity index is 2.53. The minimum Gasteiger partial charge on any atom is -0.480 e. The molecule has 1 aliphatic rings. The first kappa shape index (κ1) is 18.2. The number of carbonyl (C=O) groups is 4. The molecule has 0 fully saturated rings. The van der Waals surface area contributed by atoms with Crippen molar-refractivity contribution in [3.8, 4) is 0 Å². The van der Waals surface area contributed by atoms with Gasteiger partial charge in [-0.3, -0.25) is 14.9 Å². The number of anilines is 2. The van der Waals surface area contributed by atoms with Crippen molar-refractivity contribution in [3.63, 3.8) is 0 Å². The van der Waals surface area contributed by atoms with Crippen molar-refractivity contribution in [1.29, 1.82) is 0 Å². The number of amides is 2. The van der Waals surface area contributed by atoms with E-state index >= 15 is 0 Å². The number of rotatable bonds is 3. The van der Waals surface area contributed by atoms with Crippen molar-refractivity contribution in [3.05, 3.63) is 23.3 Å². The Hall–Kier alpha value is -3.10. The van der Waals surface area contributed by atoms with E-state index in [4.69, 9.17) is 4.74 Å². The number of hydrogen-bond acceptors (Lipinski definition) is 5. The Morgan fingerprint density at radius 2 is 1.80 bits per heavy atom. The summed E-state index contributed by atoms with van der Waals surface area (Å²) in [6.45, 7) is 6.11. The average Bonchev–Trinajstić information content (AvgIpc) is 2.68. The molecule has 2 rings (SSSR count). The van der Waals surface area contributed by atoms with Gasteiger partial charge >= 0.3 is 18.0 Å². The van der Waals surface area contributed by atoms with E-state index in [1.54, 1.807) is 20.8 Å². The van der Waals surface area contributed by atoms with Crippen LogP contribution in [-0.4, -0.2) is 39.8 Å². The number of hydrogen-bond donors (Lipinski definition) is 4. The standard InChI is InChI=1S/C16H18N2O7/c1-15(2,3)25-14(24)18-9-6-8-10(5-7(9)11(19)20)17-12(21)16(8,4)13(22)23/h5-6H,1-4H3,(H,17,21)(H,18,24)(H,19,20)(H,22,23). The zero-order chi connectivity index (χ0) is 19.2. The quantitative estimate of drug-likeness (QED) is 0.611. The Bertz CT molecular complexity index is 794. The molecule has 0 radical (unpaired) electrons. The maximum Gasteiger partial charge on any atom is 0.412 e. The maximum atomic E-state index is 12.0. The minimum absolute atomic E-state index is 0.0565. The lowest BCUT2D eigenvalue weighted by Gasteiger charge is -2.21. The van der Waals surface area contributed by atoms with Crippen LogP contribution in [0.4, 0.5) is 16.2 Å². The highest BCUT2D eigenvalue weighted by Gasteiger charge is 2.50. The fraction of sp³-hybridized carbons (Fsp3) is 0.375. The summed E-state index contributed by atoms with van der Waals surface area (Å²) < 4.78 is 5.07. The van der Waals surface area contributed by atoms with Crippen LogP contribution in [0.3, 0.4) is 0 Å². The molecule has 0 saturated heterocycles. The summed E-state index contributed by atoms with van der Waals surface area (Å²) >= 11 is 0. The van der Waals surface area contributed by atoms with E-state index < -0.39 is 35.0 Å². The second-order valence-electron chi connectivity index (χ2n) is 6.76. The first-order chi connectivity index (χ1) is 11.4. The van der Waals surface area contributed by atoms with Crippen LogP contribution in [0.25, 0.3) is 0 Å². The van der Waals surface area contributed by atoms with E-state index in [0.29, 0.717) is 0 Å². The summed E-state index contributed by atoms with van der Waals surface area (Å²) in [7, 11) is 0. The summed E-state index contributed by atoms with van der Waals surface area (Å²) in [6, 6.07) is 2.27. The highest BCUT2D eigenvalue weighted by Crippen LogP contribution is 2.41. The van der Waals surface area contributed by atoms with Crippen LogP contribution in [0.5, 0.6) is 0 Å². The van der Waals surface area contributed by atoms with Crippen LogP contribution in [0.2, 0.25) is 0 Å². The van der Waals surface area contributed by atoms with E-state index in [9.17, 15) is 29.4 Å². The Labute approximate surface area is 143 Å². The van der Waals surface area contributed by atoms with Crippen LogP contribution in [0.1, 0.15) is 43.6 Å². The second-order valence-corrected chi connectivity index (χ2v) is 6.76. The maximum absolute atomic E-state index is 12.0. The summed E-state index contributed by atoms with van der Waals surface area (Å²) in [5.74, 6) is -3.54. The van der Waals surface area contributed by atoms with E-state index in [2.05, 4.69) is 10.6 Å². The third-order valence-electron chi connectivity index (χ3n) is 3.69. The van der Waals surface area contributed by atoms with Crippen LogP contribution in [0, 0.1) is 0 Å². The molecule has 9 nitrogen and oxygen atoms in total. The molecular formula is C16H18N2O7. The lowest BCUT2D eigenvalue weighted by Crippen LogP contribution is -2.39. The molecule has 25 heavy (non-hydrogen) atoms. The Morgan fingerprint density at radius 3 is 2.28 bits per heavy atom. The van der Waals surface area contributed by atoms with Gasteiger partial charge in [-0.1, -0.05) is 0 Å². The van der Waals surface area contributed by atoms with Gasteiger partial charge in [-0.15, -0.1) is 0 Å². The minimum atomic E-state index is -1.89. The summed E-state index contributed by atoms with van der Waals surface area (Å²) in [6.07, 6.45) is -0.899. The third kappa shape index (κ3) is 3.25. The third-order valence-corrected chi connectivity index (χ3v) is 3.69. The zero-order valence-corrected chi connectivity index (χ0v) is 14.1. The molecule has 1 atom stereocenters. The molecule has 4 N–H and O–H groups in total. The van der Waals surface area contributed by atoms with Gasteiger partial charge in [-0.2, -0.15) is 0 Å². The molecule has 9 heteroatoms. The van der Waals surface area contributed by atoms with Gasteiger partial charge in [0.15, 0.2) is 5.41 Å². The highest BCUT2D eigenvalue weighted by atomic mass is 16.6. The molecule has 0 saturated carbocycles. The number of carboxylic acids is 2. The van der Waals surface area contributed by atoms with E-state index in [0.717, 1.165) is 12.1 Å². The van der Waals surface area contributed by atoms with Crippen molar-refractivity contribution >= 4 is 35.3 Å². The van der Waals surface area contributed by atoms with Crippen LogP contribution in [0.15, 0.2) is 12.1 Å². The number of aliphatic carboxylic acids is 1. The Kier molecular flexibility index (Phi) is 4.20. The van der Waals surface area contributed by atoms with Crippen LogP contribution in [-0.2, 0) is 19.7 Å². The van der Waals surface area contributed by atoms with Crippen molar-refractivity contribution in [2.24, 2.45) is 0 Å². The topological polar surface area (TPSA) is 142 Å². The first-order valence-corrected chi connectivity index (χ1v) is 7.33. The van der Waals surface area contributed by atoms with Gasteiger partial charge in [-0.25, -0.2) is 9.59 Å². The second kappa shape index (κ2) is 5.76. The van der Waals surface area contributed by atoms with E-state index in [1.807, 2.05) is 0 Å². The fourth-order valence-corrected chi connectivity index (χ4v) is 2.39. The monoisotopic (exact) mass is 350 g/mol. The normalized spacial score (nSPS) is 19.0. The number of carboxylic acid groups (broad SMARTS) is 2. The zero-order valence-electron chi connectivity index (χ0n) is 14.1. The lowest BCUT2D eigenvalue weighted by molar-refractivity contribution is -0.146. The van der Waals surface area contributed by atoms with Gasteiger partial charge < -0.3 is 20.3 Å². The molecule has 1 heterocycles. The van der Waals surface area contributed by atoms with Crippen molar-refractivity contribution < 1.29 is 34.1 Å². The fourth-order valence-electron chi connectivity index (χ4n) is 2.39. The highest BCUT2D eigenvalue weighted by molar-refractivity contribution is 6.19. The molecule has 1 aromatic carbocycles. The van der Waals surface area contributed by atoms with Gasteiger partial charge in [0.1, 0.15) is 5.60 Å². The molecule has 0 spiro atoms. The molecule has 2 amide bonds. The van der Waals surface area contributed by atoms with Crippen LogP contribution < -0.4 is 10.6 Å². The van der Waals surface area contributed by atoms with E-state index in [1.165, 1.54) is 6.92 Å². The van der Waals surface area contributed by atoms with Gasteiger partial charge in [0.2, 0.25) is 5.91 Å². The molecular weight excluding hydrogens is 332 g/mol. The summed E-state index contributed by atoms with van der Waals surface area (Å²) in [5.41, 5.74) is -3.04. The number of nitrogens with one attached hydrogen (secondary N) is 2. The van der Waals surface area contributed by atoms with Crippen LogP contribution >= 0.6 is 0 Å². The molecule has 134 valence electrons. The van der Waals surface area contributed by atoms with Crippen molar-refractivity contribution in [1.82, 2.24) is 0 Å².